The van der Waals surface area contributed by atoms with Crippen LogP contribution in [0.25, 0.3) is 0 Å². The summed E-state index contributed by atoms with van der Waals surface area (Å²) in [5.74, 6) is -1.04. The summed E-state index contributed by atoms with van der Waals surface area (Å²) in [7, 11) is 0. The Balaban J connectivity index is 2.64. The summed E-state index contributed by atoms with van der Waals surface area (Å²) in [6, 6.07) is 5.07. The van der Waals surface area contributed by atoms with Crippen molar-refractivity contribution in [1.29, 1.82) is 0 Å². The van der Waals surface area contributed by atoms with Gasteiger partial charge in [0.1, 0.15) is 0 Å². The smallest absolute Gasteiger partial charge is 0.303 e. The van der Waals surface area contributed by atoms with E-state index in [-0.39, 0.29) is 30.1 Å². The van der Waals surface area contributed by atoms with Crippen LogP contribution in [0, 0.1) is 18.8 Å². The molecule has 0 aliphatic rings. The van der Waals surface area contributed by atoms with Crippen LogP contribution in [0.15, 0.2) is 18.2 Å². The Bertz CT molecular complexity index is 611. The monoisotopic (exact) mass is 334 g/mol. The predicted octanol–water partition coefficient (Wildman–Crippen LogP) is 2.82. The van der Waals surface area contributed by atoms with E-state index >= 15 is 0 Å². The summed E-state index contributed by atoms with van der Waals surface area (Å²) >= 11 is 0. The number of benzene rings is 1. The van der Waals surface area contributed by atoms with Crippen LogP contribution in [0.3, 0.4) is 0 Å². The average molecular weight is 334 g/mol. The van der Waals surface area contributed by atoms with E-state index in [2.05, 4.69) is 10.6 Å². The molecule has 0 saturated carbocycles. The van der Waals surface area contributed by atoms with Crippen LogP contribution in [-0.2, 0) is 9.59 Å². The summed E-state index contributed by atoms with van der Waals surface area (Å²) in [4.78, 5) is 34.6. The zero-order valence-electron chi connectivity index (χ0n) is 14.7. The first-order valence-corrected chi connectivity index (χ1v) is 8.09. The molecule has 0 bridgehead atoms. The molecule has 6 nitrogen and oxygen atoms in total. The number of hydrogen-bond acceptors (Lipinski definition) is 3. The van der Waals surface area contributed by atoms with E-state index in [1.807, 2.05) is 20.8 Å². The van der Waals surface area contributed by atoms with Gasteiger partial charge in [-0.1, -0.05) is 20.8 Å². The van der Waals surface area contributed by atoms with Gasteiger partial charge < -0.3 is 15.7 Å². The number of anilines is 1. The molecule has 24 heavy (non-hydrogen) atoms. The van der Waals surface area contributed by atoms with Crippen molar-refractivity contribution in [2.75, 3.05) is 11.9 Å². The molecule has 0 aliphatic heterocycles. The van der Waals surface area contributed by atoms with Gasteiger partial charge in [-0.2, -0.15) is 0 Å². The Hall–Kier alpha value is -2.37. The molecule has 0 spiro atoms. The number of amides is 2. The minimum Gasteiger partial charge on any atom is -0.481 e. The van der Waals surface area contributed by atoms with E-state index in [9.17, 15) is 14.4 Å². The molecule has 1 atom stereocenters. The lowest BCUT2D eigenvalue weighted by atomic mass is 10.1. The molecule has 0 saturated heterocycles. The maximum Gasteiger partial charge on any atom is 0.303 e. The molecule has 3 N–H and O–H groups in total. The third-order valence-electron chi connectivity index (χ3n) is 3.49. The molecule has 0 heterocycles. The third kappa shape index (κ3) is 6.81. The molecule has 0 aromatic heterocycles. The van der Waals surface area contributed by atoms with E-state index in [0.29, 0.717) is 24.2 Å². The van der Waals surface area contributed by atoms with E-state index < -0.39 is 5.97 Å². The largest absolute Gasteiger partial charge is 0.481 e. The van der Waals surface area contributed by atoms with Gasteiger partial charge in [-0.05, 0) is 42.5 Å². The lowest BCUT2D eigenvalue weighted by molar-refractivity contribution is -0.137. The van der Waals surface area contributed by atoms with Crippen LogP contribution in [0.4, 0.5) is 5.69 Å². The maximum atomic E-state index is 12.1. The third-order valence-corrected chi connectivity index (χ3v) is 3.49. The number of nitrogens with one attached hydrogen (secondary N) is 2. The van der Waals surface area contributed by atoms with Crippen molar-refractivity contribution < 1.29 is 19.5 Å². The number of hydrogen-bond donors (Lipinski definition) is 3. The van der Waals surface area contributed by atoms with Gasteiger partial charge >= 0.3 is 5.97 Å². The minimum atomic E-state index is -0.880. The van der Waals surface area contributed by atoms with Crippen molar-refractivity contribution in [1.82, 2.24) is 5.32 Å². The molecule has 132 valence electrons. The Labute approximate surface area is 142 Å². The van der Waals surface area contributed by atoms with Crippen LogP contribution in [0.5, 0.6) is 0 Å². The van der Waals surface area contributed by atoms with Crippen LogP contribution >= 0.6 is 0 Å². The fraction of sp³-hybridized carbons (Fsp3) is 0.500. The molecular formula is C18H26N2O4. The maximum absolute atomic E-state index is 12.1. The van der Waals surface area contributed by atoms with Gasteiger partial charge in [0.2, 0.25) is 5.91 Å². The van der Waals surface area contributed by atoms with Crippen molar-refractivity contribution in [3.8, 4) is 0 Å². The van der Waals surface area contributed by atoms with Crippen LogP contribution < -0.4 is 10.6 Å². The molecule has 1 rings (SSSR count). The standard InChI is InChI=1S/C18H26N2O4/c1-11(2)7-16(21)20-15-6-5-14(9-13(15)4)18(24)19-10-12(3)8-17(22)23/h5-6,9,11-12H,7-8,10H2,1-4H3,(H,19,24)(H,20,21)(H,22,23). The van der Waals surface area contributed by atoms with Crippen molar-refractivity contribution in [3.05, 3.63) is 29.3 Å². The highest BCUT2D eigenvalue weighted by atomic mass is 16.4. The second kappa shape index (κ2) is 9.05. The van der Waals surface area contributed by atoms with E-state index in [1.54, 1.807) is 25.1 Å². The molecule has 6 heteroatoms. The summed E-state index contributed by atoms with van der Waals surface area (Å²) in [6.07, 6.45) is 0.462. The fourth-order valence-electron chi connectivity index (χ4n) is 2.26. The van der Waals surface area contributed by atoms with E-state index in [1.165, 1.54) is 0 Å². The number of rotatable bonds is 8. The molecular weight excluding hydrogens is 308 g/mol. The van der Waals surface area contributed by atoms with Gasteiger partial charge in [0, 0.05) is 30.6 Å². The van der Waals surface area contributed by atoms with E-state index in [4.69, 9.17) is 5.11 Å². The number of aryl methyl sites for hydroxylation is 1. The lowest BCUT2D eigenvalue weighted by Gasteiger charge is -2.13. The summed E-state index contributed by atoms with van der Waals surface area (Å²) in [5, 5.41) is 14.3. The second-order valence-electron chi connectivity index (χ2n) is 6.59. The second-order valence-corrected chi connectivity index (χ2v) is 6.59. The first kappa shape index (κ1) is 19.7. The number of carbonyl (C=O) groups is 3. The molecule has 1 unspecified atom stereocenters. The zero-order chi connectivity index (χ0) is 18.3. The van der Waals surface area contributed by atoms with Crippen LogP contribution in [-0.4, -0.2) is 29.4 Å². The van der Waals surface area contributed by atoms with Gasteiger partial charge in [-0.15, -0.1) is 0 Å². The Kier molecular flexibility index (Phi) is 7.42. The molecule has 0 aliphatic carbocycles. The highest BCUT2D eigenvalue weighted by molar-refractivity contribution is 5.96. The van der Waals surface area contributed by atoms with Gasteiger partial charge in [0.15, 0.2) is 0 Å². The first-order chi connectivity index (χ1) is 11.2. The van der Waals surface area contributed by atoms with Gasteiger partial charge in [0.25, 0.3) is 5.91 Å². The molecule has 0 radical (unpaired) electrons. The highest BCUT2D eigenvalue weighted by Crippen LogP contribution is 2.17. The van der Waals surface area contributed by atoms with E-state index in [0.717, 1.165) is 5.56 Å². The number of carboxylic acids is 1. The van der Waals surface area contributed by atoms with Gasteiger partial charge in [-0.3, -0.25) is 14.4 Å². The molecule has 1 aromatic carbocycles. The minimum absolute atomic E-state index is 0.0140. The van der Waals surface area contributed by atoms with Crippen molar-refractivity contribution in [2.45, 2.75) is 40.5 Å². The zero-order valence-corrected chi connectivity index (χ0v) is 14.7. The average Bonchev–Trinajstić information content (AvgIpc) is 2.45. The van der Waals surface area contributed by atoms with Crippen LogP contribution in [0.1, 0.15) is 49.5 Å². The molecule has 1 aromatic rings. The highest BCUT2D eigenvalue weighted by Gasteiger charge is 2.13. The Morgan fingerprint density at radius 2 is 1.79 bits per heavy atom. The Morgan fingerprint density at radius 3 is 2.33 bits per heavy atom. The first-order valence-electron chi connectivity index (χ1n) is 8.09. The fourth-order valence-corrected chi connectivity index (χ4v) is 2.26. The van der Waals surface area contributed by atoms with Crippen molar-refractivity contribution >= 4 is 23.5 Å². The predicted molar refractivity (Wildman–Crippen MR) is 93.0 cm³/mol. The quantitative estimate of drug-likeness (QED) is 0.681. The van der Waals surface area contributed by atoms with Crippen molar-refractivity contribution in [2.24, 2.45) is 11.8 Å². The normalized spacial score (nSPS) is 11.9. The topological polar surface area (TPSA) is 95.5 Å². The SMILES string of the molecule is Cc1cc(C(=O)NCC(C)CC(=O)O)ccc1NC(=O)CC(C)C. The summed E-state index contributed by atoms with van der Waals surface area (Å²) in [5.41, 5.74) is 1.98. The number of carbonyl (C=O) groups excluding carboxylic acids is 2. The summed E-state index contributed by atoms with van der Waals surface area (Å²) < 4.78 is 0. The Morgan fingerprint density at radius 1 is 1.12 bits per heavy atom. The number of aliphatic carboxylic acids is 1. The lowest BCUT2D eigenvalue weighted by Crippen LogP contribution is -2.29. The van der Waals surface area contributed by atoms with Gasteiger partial charge in [0.05, 0.1) is 0 Å². The van der Waals surface area contributed by atoms with Crippen LogP contribution in [0.2, 0.25) is 0 Å². The molecule has 0 fully saturated rings. The molecule has 2 amide bonds. The van der Waals surface area contributed by atoms with Gasteiger partial charge in [-0.25, -0.2) is 0 Å². The summed E-state index contributed by atoms with van der Waals surface area (Å²) in [6.45, 7) is 7.86. The van der Waals surface area contributed by atoms with Crippen molar-refractivity contribution in [3.63, 3.8) is 0 Å². The number of carboxylic acid groups (broad SMARTS) is 1.